The summed E-state index contributed by atoms with van der Waals surface area (Å²) in [7, 11) is 1.99. The zero-order chi connectivity index (χ0) is 11.1. The van der Waals surface area contributed by atoms with E-state index in [9.17, 15) is 0 Å². The van der Waals surface area contributed by atoms with Gasteiger partial charge in [-0.1, -0.05) is 32.1 Å². The lowest BCUT2D eigenvalue weighted by molar-refractivity contribution is 0.0862. The number of rotatable bonds is 6. The molecular formula is C12H25NO2. The Morgan fingerprint density at radius 2 is 1.73 bits per heavy atom. The van der Waals surface area contributed by atoms with Crippen LogP contribution in [0, 0.1) is 5.92 Å². The van der Waals surface area contributed by atoms with E-state index in [2.05, 4.69) is 4.90 Å². The summed E-state index contributed by atoms with van der Waals surface area (Å²) in [6, 6.07) is -0.0754. The largest absolute Gasteiger partial charge is 0.395 e. The number of likely N-dealkylation sites (N-methyl/N-ethyl adjacent to an activating group) is 1. The van der Waals surface area contributed by atoms with Crippen LogP contribution in [0.5, 0.6) is 0 Å². The fourth-order valence-corrected chi connectivity index (χ4v) is 2.38. The number of hydrogen-bond donors (Lipinski definition) is 2. The minimum atomic E-state index is -0.0754. The zero-order valence-corrected chi connectivity index (χ0v) is 9.86. The molecule has 2 N–H and O–H groups in total. The maximum absolute atomic E-state index is 9.03. The topological polar surface area (TPSA) is 43.7 Å². The second kappa shape index (κ2) is 7.20. The van der Waals surface area contributed by atoms with Crippen LogP contribution in [0.1, 0.15) is 38.5 Å². The van der Waals surface area contributed by atoms with E-state index in [1.54, 1.807) is 0 Å². The maximum atomic E-state index is 9.03. The van der Waals surface area contributed by atoms with E-state index in [1.807, 2.05) is 7.05 Å². The second-order valence-electron chi connectivity index (χ2n) is 4.79. The average molecular weight is 215 g/mol. The molecule has 0 saturated heterocycles. The molecule has 0 amide bonds. The monoisotopic (exact) mass is 215 g/mol. The molecule has 0 radical (unpaired) electrons. The Morgan fingerprint density at radius 3 is 2.27 bits per heavy atom. The predicted molar refractivity (Wildman–Crippen MR) is 61.8 cm³/mol. The van der Waals surface area contributed by atoms with E-state index in [0.717, 1.165) is 12.5 Å². The van der Waals surface area contributed by atoms with Gasteiger partial charge in [-0.3, -0.25) is 4.90 Å². The van der Waals surface area contributed by atoms with Crippen LogP contribution in [0.15, 0.2) is 0 Å². The van der Waals surface area contributed by atoms with E-state index >= 15 is 0 Å². The van der Waals surface area contributed by atoms with Gasteiger partial charge in [0, 0.05) is 0 Å². The molecule has 1 saturated carbocycles. The molecule has 90 valence electrons. The van der Waals surface area contributed by atoms with Crippen molar-refractivity contribution in [2.45, 2.75) is 44.6 Å². The van der Waals surface area contributed by atoms with Crippen LogP contribution in [-0.2, 0) is 0 Å². The van der Waals surface area contributed by atoms with Gasteiger partial charge >= 0.3 is 0 Å². The molecule has 0 atom stereocenters. The first-order chi connectivity index (χ1) is 7.27. The zero-order valence-electron chi connectivity index (χ0n) is 9.86. The van der Waals surface area contributed by atoms with E-state index in [0.29, 0.717) is 0 Å². The van der Waals surface area contributed by atoms with Crippen molar-refractivity contribution in [1.82, 2.24) is 4.90 Å². The van der Waals surface area contributed by atoms with Gasteiger partial charge in [-0.25, -0.2) is 0 Å². The molecule has 1 fully saturated rings. The summed E-state index contributed by atoms with van der Waals surface area (Å²) < 4.78 is 0. The normalized spacial score (nSPS) is 19.0. The Balaban J connectivity index is 2.16. The summed E-state index contributed by atoms with van der Waals surface area (Å²) >= 11 is 0. The first-order valence-corrected chi connectivity index (χ1v) is 6.20. The minimum absolute atomic E-state index is 0.0532. The maximum Gasteiger partial charge on any atom is 0.0609 e. The van der Waals surface area contributed by atoms with Crippen LogP contribution in [0.4, 0.5) is 0 Å². The van der Waals surface area contributed by atoms with Crippen LogP contribution in [-0.4, -0.2) is 48.0 Å². The van der Waals surface area contributed by atoms with Crippen molar-refractivity contribution < 1.29 is 10.2 Å². The van der Waals surface area contributed by atoms with Gasteiger partial charge in [0.2, 0.25) is 0 Å². The van der Waals surface area contributed by atoms with Crippen LogP contribution in [0.2, 0.25) is 0 Å². The number of aliphatic hydroxyl groups is 2. The van der Waals surface area contributed by atoms with Crippen LogP contribution in [0.3, 0.4) is 0 Å². The van der Waals surface area contributed by atoms with Crippen LogP contribution < -0.4 is 0 Å². The van der Waals surface area contributed by atoms with Gasteiger partial charge in [-0.15, -0.1) is 0 Å². The summed E-state index contributed by atoms with van der Waals surface area (Å²) in [6.45, 7) is 1.10. The summed E-state index contributed by atoms with van der Waals surface area (Å²) in [4.78, 5) is 2.08. The molecular weight excluding hydrogens is 190 g/mol. The molecule has 0 aromatic rings. The summed E-state index contributed by atoms with van der Waals surface area (Å²) in [5.41, 5.74) is 0. The molecule has 3 nitrogen and oxygen atoms in total. The molecule has 0 unspecified atom stereocenters. The lowest BCUT2D eigenvalue weighted by atomic mass is 9.87. The molecule has 0 aromatic heterocycles. The molecule has 0 heterocycles. The highest BCUT2D eigenvalue weighted by atomic mass is 16.3. The predicted octanol–water partition coefficient (Wildman–Crippen LogP) is 1.24. The van der Waals surface area contributed by atoms with Crippen molar-refractivity contribution in [2.24, 2.45) is 5.92 Å². The Hall–Kier alpha value is -0.120. The van der Waals surface area contributed by atoms with Crippen molar-refractivity contribution in [3.05, 3.63) is 0 Å². The first-order valence-electron chi connectivity index (χ1n) is 6.20. The molecule has 0 spiro atoms. The van der Waals surface area contributed by atoms with Crippen molar-refractivity contribution >= 4 is 0 Å². The van der Waals surface area contributed by atoms with E-state index in [-0.39, 0.29) is 19.3 Å². The van der Waals surface area contributed by atoms with Crippen molar-refractivity contribution in [3.8, 4) is 0 Å². The van der Waals surface area contributed by atoms with Gasteiger partial charge in [0.1, 0.15) is 0 Å². The molecule has 3 heteroatoms. The van der Waals surface area contributed by atoms with E-state index in [1.165, 1.54) is 38.5 Å². The van der Waals surface area contributed by atoms with Crippen LogP contribution >= 0.6 is 0 Å². The third kappa shape index (κ3) is 4.49. The number of hydrogen-bond acceptors (Lipinski definition) is 3. The first kappa shape index (κ1) is 12.9. The lowest BCUT2D eigenvalue weighted by Crippen LogP contribution is -2.38. The lowest BCUT2D eigenvalue weighted by Gasteiger charge is -2.28. The quantitative estimate of drug-likeness (QED) is 0.700. The van der Waals surface area contributed by atoms with Crippen molar-refractivity contribution in [1.29, 1.82) is 0 Å². The van der Waals surface area contributed by atoms with Gasteiger partial charge in [0.05, 0.1) is 19.3 Å². The highest BCUT2D eigenvalue weighted by Gasteiger charge is 2.16. The molecule has 15 heavy (non-hydrogen) atoms. The van der Waals surface area contributed by atoms with Gasteiger partial charge in [-0.2, -0.15) is 0 Å². The third-order valence-corrected chi connectivity index (χ3v) is 3.66. The fraction of sp³-hybridized carbons (Fsp3) is 1.00. The molecule has 1 aliphatic carbocycles. The Labute approximate surface area is 93.1 Å². The molecule has 0 aliphatic heterocycles. The van der Waals surface area contributed by atoms with Gasteiger partial charge in [0.15, 0.2) is 0 Å². The number of nitrogens with zero attached hydrogens (tertiary/aromatic N) is 1. The Bertz CT molecular complexity index is 154. The summed E-state index contributed by atoms with van der Waals surface area (Å²) in [6.07, 6.45) is 8.14. The Kier molecular flexibility index (Phi) is 6.22. The molecule has 0 aromatic carbocycles. The standard InChI is InChI=1S/C12H25NO2/c1-13(12(9-14)10-15)8-7-11-5-3-2-4-6-11/h11-12,14-15H,2-10H2,1H3. The summed E-state index contributed by atoms with van der Waals surface area (Å²) in [5, 5.41) is 18.1. The van der Waals surface area contributed by atoms with E-state index < -0.39 is 0 Å². The highest BCUT2D eigenvalue weighted by Crippen LogP contribution is 2.26. The van der Waals surface area contributed by atoms with Crippen molar-refractivity contribution in [2.75, 3.05) is 26.8 Å². The molecule has 1 rings (SSSR count). The SMILES string of the molecule is CN(CCC1CCCCC1)C(CO)CO. The smallest absolute Gasteiger partial charge is 0.0609 e. The average Bonchev–Trinajstić information content (AvgIpc) is 2.29. The van der Waals surface area contributed by atoms with Gasteiger partial charge in [0.25, 0.3) is 0 Å². The fourth-order valence-electron chi connectivity index (χ4n) is 2.38. The Morgan fingerprint density at radius 1 is 1.13 bits per heavy atom. The molecule has 0 bridgehead atoms. The van der Waals surface area contributed by atoms with Crippen molar-refractivity contribution in [3.63, 3.8) is 0 Å². The van der Waals surface area contributed by atoms with E-state index in [4.69, 9.17) is 10.2 Å². The van der Waals surface area contributed by atoms with Crippen LogP contribution in [0.25, 0.3) is 0 Å². The number of aliphatic hydroxyl groups excluding tert-OH is 2. The minimum Gasteiger partial charge on any atom is -0.395 e. The molecule has 1 aliphatic rings. The van der Waals surface area contributed by atoms with Gasteiger partial charge in [-0.05, 0) is 25.9 Å². The summed E-state index contributed by atoms with van der Waals surface area (Å²) in [5.74, 6) is 0.874. The third-order valence-electron chi connectivity index (χ3n) is 3.66. The van der Waals surface area contributed by atoms with Gasteiger partial charge < -0.3 is 10.2 Å². The highest BCUT2D eigenvalue weighted by molar-refractivity contribution is 4.70. The second-order valence-corrected chi connectivity index (χ2v) is 4.79.